The molecule has 1 fully saturated rings. The van der Waals surface area contributed by atoms with E-state index in [0.29, 0.717) is 5.92 Å². The van der Waals surface area contributed by atoms with Gasteiger partial charge in [0.1, 0.15) is 0 Å². The highest BCUT2D eigenvalue weighted by Crippen LogP contribution is 2.36. The Morgan fingerprint density at radius 3 is 2.43 bits per heavy atom. The molecule has 1 aliphatic rings. The lowest BCUT2D eigenvalue weighted by Gasteiger charge is -2.15. The van der Waals surface area contributed by atoms with E-state index in [1.165, 1.54) is 0 Å². The minimum Gasteiger partial charge on any atom is -0.481 e. The second-order valence-electron chi connectivity index (χ2n) is 4.13. The van der Waals surface area contributed by atoms with Crippen LogP contribution in [0, 0.1) is 11.8 Å². The molecule has 0 radical (unpaired) electrons. The average molecular weight is 199 g/mol. The number of carboxylic acids is 1. The Morgan fingerprint density at radius 2 is 2.00 bits per heavy atom. The molecule has 2 atom stereocenters. The van der Waals surface area contributed by atoms with Crippen molar-refractivity contribution in [2.75, 3.05) is 0 Å². The monoisotopic (exact) mass is 199 g/mol. The molecule has 1 saturated carbocycles. The van der Waals surface area contributed by atoms with Crippen molar-refractivity contribution < 1.29 is 14.7 Å². The highest BCUT2D eigenvalue weighted by Gasteiger charge is 2.32. The molecule has 80 valence electrons. The van der Waals surface area contributed by atoms with Crippen molar-refractivity contribution in [3.8, 4) is 0 Å². The SMILES string of the molecule is CC(CC(=O)O)NC(=O)C(C)C1CC1. The molecule has 0 aromatic carbocycles. The zero-order chi connectivity index (χ0) is 10.7. The first kappa shape index (κ1) is 11.0. The van der Waals surface area contributed by atoms with E-state index >= 15 is 0 Å². The first-order valence-corrected chi connectivity index (χ1v) is 5.03. The van der Waals surface area contributed by atoms with E-state index in [0.717, 1.165) is 12.8 Å². The van der Waals surface area contributed by atoms with Gasteiger partial charge in [-0.2, -0.15) is 0 Å². The maximum atomic E-state index is 11.5. The third kappa shape index (κ3) is 3.36. The van der Waals surface area contributed by atoms with E-state index < -0.39 is 5.97 Å². The summed E-state index contributed by atoms with van der Waals surface area (Å²) in [5.74, 6) is -0.337. The van der Waals surface area contributed by atoms with Crippen LogP contribution < -0.4 is 5.32 Å². The number of carbonyl (C=O) groups excluding carboxylic acids is 1. The number of aliphatic carboxylic acids is 1. The van der Waals surface area contributed by atoms with Gasteiger partial charge in [0.05, 0.1) is 6.42 Å². The summed E-state index contributed by atoms with van der Waals surface area (Å²) in [6, 6.07) is -0.277. The highest BCUT2D eigenvalue weighted by molar-refractivity contribution is 5.80. The van der Waals surface area contributed by atoms with E-state index in [2.05, 4.69) is 5.32 Å². The van der Waals surface area contributed by atoms with Crippen LogP contribution in [0.3, 0.4) is 0 Å². The van der Waals surface area contributed by atoms with Gasteiger partial charge in [-0.05, 0) is 25.7 Å². The number of carbonyl (C=O) groups is 2. The largest absolute Gasteiger partial charge is 0.481 e. The van der Waals surface area contributed by atoms with E-state index in [1.807, 2.05) is 6.92 Å². The number of carboxylic acid groups (broad SMARTS) is 1. The summed E-state index contributed by atoms with van der Waals surface area (Å²) in [6.45, 7) is 3.62. The molecule has 0 aliphatic heterocycles. The smallest absolute Gasteiger partial charge is 0.305 e. The molecule has 2 N–H and O–H groups in total. The highest BCUT2D eigenvalue weighted by atomic mass is 16.4. The topological polar surface area (TPSA) is 66.4 Å². The van der Waals surface area contributed by atoms with Crippen molar-refractivity contribution in [3.63, 3.8) is 0 Å². The van der Waals surface area contributed by atoms with Crippen molar-refractivity contribution in [1.82, 2.24) is 5.32 Å². The van der Waals surface area contributed by atoms with Gasteiger partial charge in [0.25, 0.3) is 0 Å². The van der Waals surface area contributed by atoms with E-state index in [1.54, 1.807) is 6.92 Å². The van der Waals surface area contributed by atoms with Gasteiger partial charge in [0.2, 0.25) is 5.91 Å². The van der Waals surface area contributed by atoms with Crippen LogP contribution in [-0.4, -0.2) is 23.0 Å². The molecule has 2 unspecified atom stereocenters. The summed E-state index contributed by atoms with van der Waals surface area (Å²) in [4.78, 5) is 21.9. The fourth-order valence-electron chi connectivity index (χ4n) is 1.50. The lowest BCUT2D eigenvalue weighted by atomic mass is 10.1. The van der Waals surface area contributed by atoms with Crippen LogP contribution in [0.4, 0.5) is 0 Å². The molecule has 4 heteroatoms. The van der Waals surface area contributed by atoms with Gasteiger partial charge in [-0.15, -0.1) is 0 Å². The number of nitrogens with one attached hydrogen (secondary N) is 1. The summed E-state index contributed by atoms with van der Waals surface area (Å²) in [5, 5.41) is 11.2. The number of hydrogen-bond donors (Lipinski definition) is 2. The second kappa shape index (κ2) is 4.44. The lowest BCUT2D eigenvalue weighted by Crippen LogP contribution is -2.38. The van der Waals surface area contributed by atoms with Gasteiger partial charge in [-0.1, -0.05) is 6.92 Å². The average Bonchev–Trinajstić information content (AvgIpc) is 2.83. The third-order valence-electron chi connectivity index (χ3n) is 2.61. The lowest BCUT2D eigenvalue weighted by molar-refractivity contribution is -0.137. The molecular weight excluding hydrogens is 182 g/mol. The minimum atomic E-state index is -0.878. The molecular formula is C10H17NO3. The van der Waals surface area contributed by atoms with Crippen molar-refractivity contribution in [1.29, 1.82) is 0 Å². The molecule has 1 rings (SSSR count). The molecule has 0 bridgehead atoms. The zero-order valence-electron chi connectivity index (χ0n) is 8.62. The molecule has 0 saturated heterocycles. The fraction of sp³-hybridized carbons (Fsp3) is 0.800. The number of hydrogen-bond acceptors (Lipinski definition) is 2. The van der Waals surface area contributed by atoms with Crippen LogP contribution in [0.5, 0.6) is 0 Å². The molecule has 0 spiro atoms. The maximum absolute atomic E-state index is 11.5. The van der Waals surface area contributed by atoms with Crippen molar-refractivity contribution in [2.45, 2.75) is 39.2 Å². The summed E-state index contributed by atoms with van der Waals surface area (Å²) in [6.07, 6.45) is 2.24. The summed E-state index contributed by atoms with van der Waals surface area (Å²) >= 11 is 0. The van der Waals surface area contributed by atoms with Crippen molar-refractivity contribution in [2.24, 2.45) is 11.8 Å². The summed E-state index contributed by atoms with van der Waals surface area (Å²) in [5.41, 5.74) is 0. The van der Waals surface area contributed by atoms with Gasteiger partial charge in [-0.3, -0.25) is 9.59 Å². The van der Waals surface area contributed by atoms with Gasteiger partial charge in [0.15, 0.2) is 0 Å². The fourth-order valence-corrected chi connectivity index (χ4v) is 1.50. The summed E-state index contributed by atoms with van der Waals surface area (Å²) in [7, 11) is 0. The first-order chi connectivity index (χ1) is 6.50. The molecule has 4 nitrogen and oxygen atoms in total. The Bertz CT molecular complexity index is 236. The van der Waals surface area contributed by atoms with Crippen LogP contribution in [0.15, 0.2) is 0 Å². The second-order valence-corrected chi connectivity index (χ2v) is 4.13. The Hall–Kier alpha value is -1.06. The van der Waals surface area contributed by atoms with Crippen LogP contribution in [0.25, 0.3) is 0 Å². The Kier molecular flexibility index (Phi) is 3.49. The van der Waals surface area contributed by atoms with E-state index in [4.69, 9.17) is 5.11 Å². The van der Waals surface area contributed by atoms with Gasteiger partial charge in [0, 0.05) is 12.0 Å². The number of amides is 1. The third-order valence-corrected chi connectivity index (χ3v) is 2.61. The van der Waals surface area contributed by atoms with Gasteiger partial charge in [-0.25, -0.2) is 0 Å². The van der Waals surface area contributed by atoms with Crippen LogP contribution in [0.1, 0.15) is 33.1 Å². The molecule has 0 heterocycles. The Balaban J connectivity index is 2.27. The van der Waals surface area contributed by atoms with Gasteiger partial charge < -0.3 is 10.4 Å². The zero-order valence-corrected chi connectivity index (χ0v) is 8.62. The van der Waals surface area contributed by atoms with E-state index in [9.17, 15) is 9.59 Å². The first-order valence-electron chi connectivity index (χ1n) is 5.03. The molecule has 0 aromatic rings. The predicted octanol–water partition coefficient (Wildman–Crippen LogP) is 1.01. The van der Waals surface area contributed by atoms with Crippen molar-refractivity contribution >= 4 is 11.9 Å². The van der Waals surface area contributed by atoms with E-state index in [-0.39, 0.29) is 24.3 Å². The summed E-state index contributed by atoms with van der Waals surface area (Å²) < 4.78 is 0. The molecule has 1 amide bonds. The molecule has 1 aliphatic carbocycles. The number of rotatable bonds is 5. The van der Waals surface area contributed by atoms with Crippen LogP contribution in [0.2, 0.25) is 0 Å². The van der Waals surface area contributed by atoms with Crippen LogP contribution >= 0.6 is 0 Å². The minimum absolute atomic E-state index is 0.0108. The predicted molar refractivity (Wildman–Crippen MR) is 51.7 cm³/mol. The van der Waals surface area contributed by atoms with Crippen molar-refractivity contribution in [3.05, 3.63) is 0 Å². The normalized spacial score (nSPS) is 19.9. The maximum Gasteiger partial charge on any atom is 0.305 e. The van der Waals surface area contributed by atoms with Crippen LogP contribution in [-0.2, 0) is 9.59 Å². The molecule has 0 aromatic heterocycles. The Morgan fingerprint density at radius 1 is 1.43 bits per heavy atom. The quantitative estimate of drug-likeness (QED) is 0.694. The standard InChI is InChI=1S/C10H17NO3/c1-6(5-9(12)13)11-10(14)7(2)8-3-4-8/h6-8H,3-5H2,1-2H3,(H,11,14)(H,12,13). The van der Waals surface area contributed by atoms with Gasteiger partial charge >= 0.3 is 5.97 Å². The Labute approximate surface area is 83.7 Å². The molecule has 14 heavy (non-hydrogen) atoms.